The lowest BCUT2D eigenvalue weighted by molar-refractivity contribution is 0.1000. The molecule has 2 N–H and O–H groups in total. The summed E-state index contributed by atoms with van der Waals surface area (Å²) in [6, 6.07) is 3.02. The van der Waals surface area contributed by atoms with E-state index in [0.717, 1.165) is 0 Å². The van der Waals surface area contributed by atoms with Crippen LogP contribution < -0.4 is 10.5 Å². The molecule has 0 spiro atoms. The zero-order valence-corrected chi connectivity index (χ0v) is 9.49. The van der Waals surface area contributed by atoms with Gasteiger partial charge in [-0.1, -0.05) is 26.7 Å². The minimum absolute atomic E-state index is 0.390. The van der Waals surface area contributed by atoms with Gasteiger partial charge >= 0.3 is 0 Å². The summed E-state index contributed by atoms with van der Waals surface area (Å²) in [7, 11) is 1.48. The molecule has 0 aromatic carbocycles. The third kappa shape index (κ3) is 5.67. The number of amides is 1. The van der Waals surface area contributed by atoms with Gasteiger partial charge in [0.05, 0.1) is 7.11 Å². The van der Waals surface area contributed by atoms with Gasteiger partial charge in [-0.3, -0.25) is 4.79 Å². The maximum absolute atomic E-state index is 10.6. The molecule has 1 amide bonds. The van der Waals surface area contributed by atoms with E-state index in [4.69, 9.17) is 10.5 Å². The summed E-state index contributed by atoms with van der Waals surface area (Å²) in [5.74, 6) is -0.0907. The molecular formula is C11H18N2O2. The molecule has 4 nitrogen and oxygen atoms in total. The molecule has 1 heterocycles. The van der Waals surface area contributed by atoms with Gasteiger partial charge in [0.25, 0.3) is 0 Å². The third-order valence-electron chi connectivity index (χ3n) is 1.73. The van der Waals surface area contributed by atoms with Gasteiger partial charge in [0.15, 0.2) is 0 Å². The molecule has 4 heteroatoms. The number of primary amides is 1. The highest BCUT2D eigenvalue weighted by molar-refractivity contribution is 5.92. The highest BCUT2D eigenvalue weighted by atomic mass is 16.5. The third-order valence-corrected chi connectivity index (χ3v) is 1.73. The predicted octanol–water partition coefficient (Wildman–Crippen LogP) is 2.00. The molecule has 0 saturated carbocycles. The smallest absolute Gasteiger partial charge is 0.248 e. The summed E-state index contributed by atoms with van der Waals surface area (Å²) in [4.78, 5) is 14.4. The van der Waals surface area contributed by atoms with Crippen molar-refractivity contribution >= 4 is 5.91 Å². The summed E-state index contributed by atoms with van der Waals surface area (Å²) in [6.45, 7) is 4.36. The largest absolute Gasteiger partial charge is 0.481 e. The van der Waals surface area contributed by atoms with E-state index in [2.05, 4.69) is 18.8 Å². The van der Waals surface area contributed by atoms with Crippen LogP contribution in [0.4, 0.5) is 0 Å². The van der Waals surface area contributed by atoms with Gasteiger partial charge < -0.3 is 10.5 Å². The number of nitrogens with two attached hydrogens (primary N) is 1. The van der Waals surface area contributed by atoms with Crippen LogP contribution in [0.2, 0.25) is 0 Å². The fourth-order valence-corrected chi connectivity index (χ4v) is 0.674. The monoisotopic (exact) mass is 210 g/mol. The quantitative estimate of drug-likeness (QED) is 0.829. The van der Waals surface area contributed by atoms with Crippen molar-refractivity contribution in [3.63, 3.8) is 0 Å². The van der Waals surface area contributed by atoms with Crippen LogP contribution in [0.25, 0.3) is 0 Å². The molecular weight excluding hydrogens is 192 g/mol. The first-order valence-corrected chi connectivity index (χ1v) is 4.95. The van der Waals surface area contributed by atoms with Crippen molar-refractivity contribution in [3.8, 4) is 5.88 Å². The minimum atomic E-state index is -0.481. The molecule has 0 radical (unpaired) electrons. The van der Waals surface area contributed by atoms with E-state index in [1.54, 1.807) is 0 Å². The number of methoxy groups -OCH3 is 1. The van der Waals surface area contributed by atoms with E-state index in [0.29, 0.717) is 11.4 Å². The summed E-state index contributed by atoms with van der Waals surface area (Å²) in [6.07, 6.45) is 4.11. The Morgan fingerprint density at radius 3 is 2.47 bits per heavy atom. The summed E-state index contributed by atoms with van der Waals surface area (Å²) in [5.41, 5.74) is 5.41. The SMILES string of the molecule is CCCC.COc1cc(C(N)=O)ccn1. The molecule has 0 aliphatic heterocycles. The predicted molar refractivity (Wildman–Crippen MR) is 59.9 cm³/mol. The van der Waals surface area contributed by atoms with E-state index in [9.17, 15) is 4.79 Å². The number of hydrogen-bond acceptors (Lipinski definition) is 3. The number of nitrogens with zero attached hydrogens (tertiary/aromatic N) is 1. The summed E-state index contributed by atoms with van der Waals surface area (Å²) >= 11 is 0. The maximum Gasteiger partial charge on any atom is 0.248 e. The van der Waals surface area contributed by atoms with Gasteiger partial charge in [0.1, 0.15) is 0 Å². The molecule has 0 atom stereocenters. The van der Waals surface area contributed by atoms with Crippen LogP contribution in [0.5, 0.6) is 5.88 Å². The summed E-state index contributed by atoms with van der Waals surface area (Å²) < 4.78 is 4.79. The first kappa shape index (κ1) is 13.4. The zero-order chi connectivity index (χ0) is 11.7. The van der Waals surface area contributed by atoms with E-state index < -0.39 is 5.91 Å². The van der Waals surface area contributed by atoms with E-state index in [1.807, 2.05) is 0 Å². The Morgan fingerprint density at radius 2 is 2.07 bits per heavy atom. The fraction of sp³-hybridized carbons (Fsp3) is 0.455. The Morgan fingerprint density at radius 1 is 1.47 bits per heavy atom. The zero-order valence-electron chi connectivity index (χ0n) is 9.49. The molecule has 15 heavy (non-hydrogen) atoms. The molecule has 0 fully saturated rings. The van der Waals surface area contributed by atoms with Crippen LogP contribution in [0.3, 0.4) is 0 Å². The highest BCUT2D eigenvalue weighted by Gasteiger charge is 2.00. The van der Waals surface area contributed by atoms with Crippen molar-refractivity contribution in [1.82, 2.24) is 4.98 Å². The number of ether oxygens (including phenoxy) is 1. The van der Waals surface area contributed by atoms with Gasteiger partial charge in [-0.25, -0.2) is 4.98 Å². The van der Waals surface area contributed by atoms with Gasteiger partial charge in [-0.15, -0.1) is 0 Å². The number of carbonyl (C=O) groups is 1. The molecule has 0 unspecified atom stereocenters. The van der Waals surface area contributed by atoms with E-state index >= 15 is 0 Å². The first-order chi connectivity index (χ1) is 7.15. The molecule has 84 valence electrons. The Kier molecular flexibility index (Phi) is 6.97. The number of unbranched alkanes of at least 4 members (excludes halogenated alkanes) is 1. The molecule has 1 rings (SSSR count). The molecule has 1 aromatic rings. The van der Waals surface area contributed by atoms with Crippen molar-refractivity contribution < 1.29 is 9.53 Å². The van der Waals surface area contributed by atoms with Crippen LogP contribution in [0.15, 0.2) is 18.3 Å². The van der Waals surface area contributed by atoms with Crippen molar-refractivity contribution in [2.45, 2.75) is 26.7 Å². The Balaban J connectivity index is 0.000000423. The second-order valence-corrected chi connectivity index (χ2v) is 2.95. The molecule has 0 bridgehead atoms. The van der Waals surface area contributed by atoms with Gasteiger partial charge in [0, 0.05) is 17.8 Å². The van der Waals surface area contributed by atoms with Crippen LogP contribution in [0, 0.1) is 0 Å². The minimum Gasteiger partial charge on any atom is -0.481 e. The lowest BCUT2D eigenvalue weighted by Crippen LogP contribution is -2.10. The van der Waals surface area contributed by atoms with Gasteiger partial charge in [-0.05, 0) is 6.07 Å². The topological polar surface area (TPSA) is 65.2 Å². The number of carbonyl (C=O) groups excluding carboxylic acids is 1. The Bertz CT molecular complexity index is 298. The molecule has 0 saturated heterocycles. The van der Waals surface area contributed by atoms with Crippen LogP contribution in [-0.4, -0.2) is 18.0 Å². The van der Waals surface area contributed by atoms with Gasteiger partial charge in [-0.2, -0.15) is 0 Å². The molecule has 1 aromatic heterocycles. The number of hydrogen-bond donors (Lipinski definition) is 1. The second-order valence-electron chi connectivity index (χ2n) is 2.95. The number of pyridine rings is 1. The average molecular weight is 210 g/mol. The number of rotatable bonds is 3. The second kappa shape index (κ2) is 7.79. The fourth-order valence-electron chi connectivity index (χ4n) is 0.674. The molecule has 0 aliphatic carbocycles. The van der Waals surface area contributed by atoms with Crippen molar-refractivity contribution in [2.75, 3.05) is 7.11 Å². The maximum atomic E-state index is 10.6. The normalized spacial score (nSPS) is 8.73. The van der Waals surface area contributed by atoms with Crippen molar-refractivity contribution in [2.24, 2.45) is 5.73 Å². The molecule has 0 aliphatic rings. The van der Waals surface area contributed by atoms with Crippen molar-refractivity contribution in [3.05, 3.63) is 23.9 Å². The van der Waals surface area contributed by atoms with Crippen LogP contribution in [0.1, 0.15) is 37.0 Å². The summed E-state index contributed by atoms with van der Waals surface area (Å²) in [5, 5.41) is 0. The highest BCUT2D eigenvalue weighted by Crippen LogP contribution is 2.06. The number of aromatic nitrogens is 1. The van der Waals surface area contributed by atoms with E-state index in [1.165, 1.54) is 38.3 Å². The van der Waals surface area contributed by atoms with E-state index in [-0.39, 0.29) is 0 Å². The van der Waals surface area contributed by atoms with Crippen LogP contribution in [-0.2, 0) is 0 Å². The van der Waals surface area contributed by atoms with Gasteiger partial charge in [0.2, 0.25) is 11.8 Å². The lowest BCUT2D eigenvalue weighted by atomic mass is 10.2. The van der Waals surface area contributed by atoms with Crippen molar-refractivity contribution in [1.29, 1.82) is 0 Å². The standard InChI is InChI=1S/C7H8N2O2.C4H10/c1-11-6-4-5(7(8)10)2-3-9-6;1-3-4-2/h2-4H,1H3,(H2,8,10);3-4H2,1-2H3. The Hall–Kier alpha value is -1.58. The van der Waals surface area contributed by atoms with Crippen LogP contribution >= 0.6 is 0 Å². The average Bonchev–Trinajstić information content (AvgIpc) is 2.29. The first-order valence-electron chi connectivity index (χ1n) is 4.95. The lowest BCUT2D eigenvalue weighted by Gasteiger charge is -1.98. The Labute approximate surface area is 90.5 Å².